The Balaban J connectivity index is 1.32. The molecule has 1 amide bonds. The third-order valence-electron chi connectivity index (χ3n) is 6.86. The number of carbonyl (C=O) groups excluding carboxylic acids is 1. The Morgan fingerprint density at radius 1 is 1.05 bits per heavy atom. The van der Waals surface area contributed by atoms with Gasteiger partial charge in [0.15, 0.2) is 11.6 Å². The summed E-state index contributed by atoms with van der Waals surface area (Å²) in [6.45, 7) is 9.92. The lowest BCUT2D eigenvalue weighted by Gasteiger charge is -2.33. The molecule has 5 aromatic heterocycles. The number of imidazole rings is 1. The number of pyridine rings is 3. The predicted molar refractivity (Wildman–Crippen MR) is 152 cm³/mol. The molecule has 1 fully saturated rings. The number of anilines is 2. The van der Waals surface area contributed by atoms with Gasteiger partial charge >= 0.3 is 0 Å². The number of hydrogen-bond acceptors (Lipinski definition) is 8. The molecule has 3 N–H and O–H groups in total. The van der Waals surface area contributed by atoms with Gasteiger partial charge in [0.05, 0.1) is 34.8 Å². The molecule has 0 spiro atoms. The molecule has 11 nitrogen and oxygen atoms in total. The van der Waals surface area contributed by atoms with Crippen LogP contribution in [0.5, 0.6) is 0 Å². The van der Waals surface area contributed by atoms with Crippen LogP contribution >= 0.6 is 0 Å². The molecule has 0 bridgehead atoms. The number of piperazine rings is 1. The van der Waals surface area contributed by atoms with E-state index in [0.717, 1.165) is 65.2 Å². The molecule has 0 saturated carbocycles. The molecule has 0 aromatic carbocycles. The molecule has 1 aliphatic rings. The number of aromatic nitrogens is 7. The van der Waals surface area contributed by atoms with Crippen LogP contribution in [0.25, 0.3) is 44.7 Å². The number of nitrogens with one attached hydrogen (secondary N) is 3. The molecule has 6 heterocycles. The second kappa shape index (κ2) is 9.73. The maximum Gasteiger partial charge on any atom is 0.224 e. The van der Waals surface area contributed by atoms with E-state index >= 15 is 0 Å². The molecule has 5 aromatic rings. The Kier molecular flexibility index (Phi) is 6.22. The number of amides is 1. The second-order valence-electron chi connectivity index (χ2n) is 11.3. The highest BCUT2D eigenvalue weighted by Gasteiger charge is 2.21. The lowest BCUT2D eigenvalue weighted by molar-refractivity contribution is -0.117. The highest BCUT2D eigenvalue weighted by atomic mass is 16.1. The van der Waals surface area contributed by atoms with Crippen molar-refractivity contribution in [1.29, 1.82) is 0 Å². The Labute approximate surface area is 226 Å². The first-order chi connectivity index (χ1) is 18.7. The van der Waals surface area contributed by atoms with Gasteiger partial charge in [0.2, 0.25) is 5.91 Å². The van der Waals surface area contributed by atoms with E-state index in [2.05, 4.69) is 52.3 Å². The molecule has 200 valence electrons. The summed E-state index contributed by atoms with van der Waals surface area (Å²) in [5.74, 6) is 1.51. The molecular weight excluding hydrogens is 492 g/mol. The first kappa shape index (κ1) is 24.9. The standard InChI is InChI=1S/C28H32N10O/c1-28(2,3)13-23(39)32-18-11-17(14-29-15-18)21-12-19-22(16-31-21)35-36-24(19)26-33-20-5-6-30-27(25(20)34-26)38-9-7-37(4)8-10-38/h5-6,11-12,14-16H,7-10,13H2,1-4H3,(H,32,39)(H,33,34)(H,35,36). The third kappa shape index (κ3) is 5.17. The van der Waals surface area contributed by atoms with Crippen molar-refractivity contribution < 1.29 is 4.79 Å². The predicted octanol–water partition coefficient (Wildman–Crippen LogP) is 4.08. The summed E-state index contributed by atoms with van der Waals surface area (Å²) >= 11 is 0. The van der Waals surface area contributed by atoms with Crippen molar-refractivity contribution in [2.75, 3.05) is 43.4 Å². The van der Waals surface area contributed by atoms with Crippen LogP contribution in [0.2, 0.25) is 0 Å². The maximum absolute atomic E-state index is 12.4. The van der Waals surface area contributed by atoms with Crippen LogP contribution in [0.15, 0.2) is 43.0 Å². The molecule has 0 unspecified atom stereocenters. The average Bonchev–Trinajstić information content (AvgIpc) is 3.52. The highest BCUT2D eigenvalue weighted by Crippen LogP contribution is 2.31. The molecule has 1 aliphatic heterocycles. The van der Waals surface area contributed by atoms with Gasteiger partial charge in [-0.3, -0.25) is 19.9 Å². The van der Waals surface area contributed by atoms with Crippen LogP contribution in [0.3, 0.4) is 0 Å². The molecule has 11 heteroatoms. The fraction of sp³-hybridized carbons (Fsp3) is 0.357. The molecule has 6 rings (SSSR count). The minimum absolute atomic E-state index is 0.0442. The smallest absolute Gasteiger partial charge is 0.224 e. The van der Waals surface area contributed by atoms with Gasteiger partial charge in [0, 0.05) is 55.9 Å². The maximum atomic E-state index is 12.4. The number of nitrogens with zero attached hydrogens (tertiary/aromatic N) is 7. The number of aromatic amines is 2. The number of rotatable bonds is 5. The highest BCUT2D eigenvalue weighted by molar-refractivity contribution is 5.96. The zero-order valence-electron chi connectivity index (χ0n) is 22.6. The topological polar surface area (TPSA) is 132 Å². The van der Waals surface area contributed by atoms with Gasteiger partial charge in [0.1, 0.15) is 11.2 Å². The monoisotopic (exact) mass is 524 g/mol. The van der Waals surface area contributed by atoms with E-state index in [1.807, 2.05) is 45.2 Å². The largest absolute Gasteiger partial charge is 0.352 e. The van der Waals surface area contributed by atoms with E-state index in [1.54, 1.807) is 18.6 Å². The van der Waals surface area contributed by atoms with Crippen molar-refractivity contribution in [2.24, 2.45) is 5.41 Å². The summed E-state index contributed by atoms with van der Waals surface area (Å²) in [4.78, 5) is 39.0. The van der Waals surface area contributed by atoms with Gasteiger partial charge < -0.3 is 20.1 Å². The number of fused-ring (bicyclic) bond motifs is 2. The first-order valence-corrected chi connectivity index (χ1v) is 13.1. The zero-order chi connectivity index (χ0) is 27.1. The second-order valence-corrected chi connectivity index (χ2v) is 11.3. The van der Waals surface area contributed by atoms with Gasteiger partial charge in [-0.2, -0.15) is 5.10 Å². The van der Waals surface area contributed by atoms with Crippen molar-refractivity contribution >= 4 is 39.3 Å². The molecular formula is C28H32N10O. The van der Waals surface area contributed by atoms with Crippen LogP contribution in [0, 0.1) is 5.41 Å². The summed E-state index contributed by atoms with van der Waals surface area (Å²) in [6, 6.07) is 5.80. The van der Waals surface area contributed by atoms with Crippen molar-refractivity contribution in [1.82, 2.24) is 40.0 Å². The minimum atomic E-state index is -0.0998. The third-order valence-corrected chi connectivity index (χ3v) is 6.86. The lowest BCUT2D eigenvalue weighted by atomic mass is 9.92. The van der Waals surface area contributed by atoms with Gasteiger partial charge in [-0.25, -0.2) is 9.97 Å². The van der Waals surface area contributed by atoms with Crippen molar-refractivity contribution in [2.45, 2.75) is 27.2 Å². The van der Waals surface area contributed by atoms with Gasteiger partial charge in [-0.15, -0.1) is 0 Å². The van der Waals surface area contributed by atoms with E-state index < -0.39 is 0 Å². The van der Waals surface area contributed by atoms with Crippen LogP contribution in [-0.2, 0) is 4.79 Å². The number of hydrogen-bond donors (Lipinski definition) is 3. The van der Waals surface area contributed by atoms with Crippen LogP contribution in [0.1, 0.15) is 27.2 Å². The summed E-state index contributed by atoms with van der Waals surface area (Å²) < 4.78 is 0. The Morgan fingerprint density at radius 3 is 2.67 bits per heavy atom. The molecule has 1 saturated heterocycles. The lowest BCUT2D eigenvalue weighted by Crippen LogP contribution is -2.44. The zero-order valence-corrected chi connectivity index (χ0v) is 22.6. The summed E-state index contributed by atoms with van der Waals surface area (Å²) in [6.07, 6.45) is 7.38. The SMILES string of the molecule is CN1CCN(c2nccc3[nH]c(-c4n[nH]c5cnc(-c6cncc(NC(=O)CC(C)(C)C)c6)cc45)nc23)CC1. The Bertz CT molecular complexity index is 1660. The summed E-state index contributed by atoms with van der Waals surface area (Å²) in [5.41, 5.74) is 5.32. The van der Waals surface area contributed by atoms with Gasteiger partial charge in [-0.1, -0.05) is 20.8 Å². The first-order valence-electron chi connectivity index (χ1n) is 13.1. The fourth-order valence-corrected chi connectivity index (χ4v) is 4.87. The van der Waals surface area contributed by atoms with Gasteiger partial charge in [-0.05, 0) is 30.7 Å². The quantitative estimate of drug-likeness (QED) is 0.313. The van der Waals surface area contributed by atoms with Crippen LogP contribution in [-0.4, -0.2) is 79.2 Å². The fourth-order valence-electron chi connectivity index (χ4n) is 4.87. The van der Waals surface area contributed by atoms with E-state index in [1.165, 1.54) is 0 Å². The average molecular weight is 525 g/mol. The summed E-state index contributed by atoms with van der Waals surface area (Å²) in [5, 5.41) is 11.5. The van der Waals surface area contributed by atoms with Crippen molar-refractivity contribution in [3.63, 3.8) is 0 Å². The van der Waals surface area contributed by atoms with E-state index in [-0.39, 0.29) is 11.3 Å². The molecule has 39 heavy (non-hydrogen) atoms. The van der Waals surface area contributed by atoms with E-state index in [0.29, 0.717) is 23.6 Å². The van der Waals surface area contributed by atoms with Crippen LogP contribution in [0.4, 0.5) is 11.5 Å². The molecule has 0 radical (unpaired) electrons. The normalized spacial score (nSPS) is 14.8. The van der Waals surface area contributed by atoms with Crippen LogP contribution < -0.4 is 10.2 Å². The number of H-pyrrole nitrogens is 2. The van der Waals surface area contributed by atoms with Crippen molar-refractivity contribution in [3.8, 4) is 22.8 Å². The van der Waals surface area contributed by atoms with E-state index in [4.69, 9.17) is 4.98 Å². The van der Waals surface area contributed by atoms with Crippen molar-refractivity contribution in [3.05, 3.63) is 43.0 Å². The minimum Gasteiger partial charge on any atom is -0.352 e. The van der Waals surface area contributed by atoms with E-state index in [9.17, 15) is 4.79 Å². The Hall–Kier alpha value is -4.38. The summed E-state index contributed by atoms with van der Waals surface area (Å²) in [7, 11) is 2.14. The number of likely N-dealkylation sites (N-methyl/N-ethyl adjacent to an activating group) is 1. The molecule has 0 atom stereocenters. The Morgan fingerprint density at radius 2 is 1.87 bits per heavy atom. The number of carbonyl (C=O) groups is 1. The van der Waals surface area contributed by atoms with Gasteiger partial charge in [0.25, 0.3) is 0 Å². The molecule has 0 aliphatic carbocycles.